The Morgan fingerprint density at radius 3 is 2.76 bits per heavy atom. The molecule has 0 heterocycles. The van der Waals surface area contributed by atoms with Crippen molar-refractivity contribution in [2.24, 2.45) is 0 Å². The van der Waals surface area contributed by atoms with Gasteiger partial charge in [0.15, 0.2) is 0 Å². The van der Waals surface area contributed by atoms with Crippen LogP contribution in [0.4, 0.5) is 0 Å². The summed E-state index contributed by atoms with van der Waals surface area (Å²) in [6, 6.07) is 6.76. The summed E-state index contributed by atoms with van der Waals surface area (Å²) in [7, 11) is -3.40. The summed E-state index contributed by atoms with van der Waals surface area (Å²) in [4.78, 5) is 0.307. The van der Waals surface area contributed by atoms with E-state index in [0.717, 1.165) is 23.7 Å². The van der Waals surface area contributed by atoms with E-state index in [1.807, 2.05) is 12.1 Å². The number of halogens is 1. The van der Waals surface area contributed by atoms with Crippen LogP contribution < -0.4 is 4.72 Å². The number of rotatable bonds is 3. The van der Waals surface area contributed by atoms with Gasteiger partial charge < -0.3 is 0 Å². The van der Waals surface area contributed by atoms with Crippen molar-refractivity contribution in [3.63, 3.8) is 0 Å². The van der Waals surface area contributed by atoms with Crippen LogP contribution in [0.1, 0.15) is 19.3 Å². The van der Waals surface area contributed by atoms with E-state index in [0.29, 0.717) is 4.90 Å². The fraction of sp³-hybridized carbons (Fsp3) is 0.333. The van der Waals surface area contributed by atoms with E-state index < -0.39 is 10.0 Å². The molecular formula is C12H14BrNO2S. The molecule has 0 spiro atoms. The predicted octanol–water partition coefficient (Wildman–Crippen LogP) is 2.84. The highest BCUT2D eigenvalue weighted by Gasteiger charge is 2.20. The zero-order valence-electron chi connectivity index (χ0n) is 9.27. The van der Waals surface area contributed by atoms with Crippen LogP contribution in [0.25, 0.3) is 0 Å². The van der Waals surface area contributed by atoms with Gasteiger partial charge in [-0.2, -0.15) is 0 Å². The Morgan fingerprint density at radius 1 is 1.29 bits per heavy atom. The molecule has 2 rings (SSSR count). The van der Waals surface area contributed by atoms with Crippen LogP contribution in [0.15, 0.2) is 45.8 Å². The fourth-order valence-electron chi connectivity index (χ4n) is 1.82. The monoisotopic (exact) mass is 315 g/mol. The van der Waals surface area contributed by atoms with Crippen molar-refractivity contribution in [3.8, 4) is 0 Å². The quantitative estimate of drug-likeness (QED) is 0.872. The van der Waals surface area contributed by atoms with Gasteiger partial charge in [-0.05, 0) is 37.5 Å². The van der Waals surface area contributed by atoms with E-state index in [1.165, 1.54) is 0 Å². The third kappa shape index (κ3) is 3.40. The summed E-state index contributed by atoms with van der Waals surface area (Å²) in [5.74, 6) is 0. The maximum atomic E-state index is 12.1. The molecule has 0 radical (unpaired) electrons. The van der Waals surface area contributed by atoms with Gasteiger partial charge in [-0.1, -0.05) is 34.1 Å². The third-order valence-corrected chi connectivity index (χ3v) is 4.71. The number of hydrogen-bond donors (Lipinski definition) is 1. The van der Waals surface area contributed by atoms with Crippen molar-refractivity contribution in [1.82, 2.24) is 4.72 Å². The van der Waals surface area contributed by atoms with Gasteiger partial charge in [0.2, 0.25) is 10.0 Å². The van der Waals surface area contributed by atoms with Crippen LogP contribution >= 0.6 is 15.9 Å². The molecule has 0 fully saturated rings. The molecule has 92 valence electrons. The molecule has 0 amide bonds. The molecule has 1 aromatic rings. The van der Waals surface area contributed by atoms with Crippen LogP contribution in [0.3, 0.4) is 0 Å². The highest BCUT2D eigenvalue weighted by Crippen LogP contribution is 2.18. The standard InChI is InChI=1S/C12H14BrNO2S/c13-10-5-4-8-12(9-10)17(15,16)14-11-6-2-1-3-7-11/h1-2,4-5,8-9,11,14H,3,6-7H2. The summed E-state index contributed by atoms with van der Waals surface area (Å²) < 4.78 is 27.7. The second-order valence-corrected chi connectivity index (χ2v) is 6.69. The normalized spacial score (nSPS) is 20.4. The maximum absolute atomic E-state index is 12.1. The molecule has 1 atom stereocenters. The lowest BCUT2D eigenvalue weighted by Gasteiger charge is -2.19. The molecule has 1 unspecified atom stereocenters. The minimum Gasteiger partial charge on any atom is -0.208 e. The third-order valence-electron chi connectivity index (χ3n) is 2.70. The fourth-order valence-corrected chi connectivity index (χ4v) is 3.70. The first kappa shape index (κ1) is 12.8. The Bertz CT molecular complexity index is 525. The number of allylic oxidation sites excluding steroid dienone is 1. The molecule has 0 bridgehead atoms. The van der Waals surface area contributed by atoms with E-state index in [1.54, 1.807) is 18.2 Å². The van der Waals surface area contributed by atoms with E-state index in [9.17, 15) is 8.42 Å². The van der Waals surface area contributed by atoms with Crippen LogP contribution in [0.2, 0.25) is 0 Å². The largest absolute Gasteiger partial charge is 0.240 e. The van der Waals surface area contributed by atoms with Crippen molar-refractivity contribution in [3.05, 3.63) is 40.9 Å². The molecule has 1 aliphatic rings. The molecular weight excluding hydrogens is 302 g/mol. The lowest BCUT2D eigenvalue weighted by atomic mass is 10.0. The summed E-state index contributed by atoms with van der Waals surface area (Å²) in [6.07, 6.45) is 6.68. The molecule has 1 aliphatic carbocycles. The number of nitrogens with one attached hydrogen (secondary N) is 1. The highest BCUT2D eigenvalue weighted by atomic mass is 79.9. The summed E-state index contributed by atoms with van der Waals surface area (Å²) in [5.41, 5.74) is 0. The van der Waals surface area contributed by atoms with Gasteiger partial charge in [0.25, 0.3) is 0 Å². The highest BCUT2D eigenvalue weighted by molar-refractivity contribution is 9.10. The zero-order chi connectivity index (χ0) is 12.3. The van der Waals surface area contributed by atoms with Gasteiger partial charge in [-0.3, -0.25) is 0 Å². The van der Waals surface area contributed by atoms with Crippen molar-refractivity contribution in [2.45, 2.75) is 30.2 Å². The first-order valence-electron chi connectivity index (χ1n) is 5.51. The van der Waals surface area contributed by atoms with E-state index in [-0.39, 0.29) is 6.04 Å². The van der Waals surface area contributed by atoms with Crippen molar-refractivity contribution in [1.29, 1.82) is 0 Å². The van der Waals surface area contributed by atoms with Crippen molar-refractivity contribution in [2.75, 3.05) is 0 Å². The Hall–Kier alpha value is -0.650. The number of benzene rings is 1. The Morgan fingerprint density at radius 2 is 2.12 bits per heavy atom. The summed E-state index contributed by atoms with van der Waals surface area (Å²) in [6.45, 7) is 0. The molecule has 0 saturated heterocycles. The number of hydrogen-bond acceptors (Lipinski definition) is 2. The number of sulfonamides is 1. The molecule has 0 aromatic heterocycles. The first-order valence-corrected chi connectivity index (χ1v) is 7.78. The lowest BCUT2D eigenvalue weighted by molar-refractivity contribution is 0.522. The molecule has 0 aliphatic heterocycles. The van der Waals surface area contributed by atoms with Crippen LogP contribution in [-0.2, 0) is 10.0 Å². The van der Waals surface area contributed by atoms with Gasteiger partial charge in [0.05, 0.1) is 4.90 Å². The second-order valence-electron chi connectivity index (χ2n) is 4.06. The van der Waals surface area contributed by atoms with E-state index in [2.05, 4.69) is 26.7 Å². The minimum absolute atomic E-state index is 0.0176. The second kappa shape index (κ2) is 5.33. The lowest BCUT2D eigenvalue weighted by Crippen LogP contribution is -2.35. The topological polar surface area (TPSA) is 46.2 Å². The Labute approximate surface area is 110 Å². The van der Waals surface area contributed by atoms with Gasteiger partial charge in [0.1, 0.15) is 0 Å². The van der Waals surface area contributed by atoms with E-state index >= 15 is 0 Å². The van der Waals surface area contributed by atoms with Gasteiger partial charge in [0, 0.05) is 10.5 Å². The molecule has 5 heteroatoms. The van der Waals surface area contributed by atoms with Gasteiger partial charge in [-0.15, -0.1) is 0 Å². The first-order chi connectivity index (χ1) is 8.08. The molecule has 0 saturated carbocycles. The van der Waals surface area contributed by atoms with Crippen molar-refractivity contribution < 1.29 is 8.42 Å². The van der Waals surface area contributed by atoms with Crippen LogP contribution in [0.5, 0.6) is 0 Å². The van der Waals surface area contributed by atoms with Crippen LogP contribution in [-0.4, -0.2) is 14.5 Å². The molecule has 1 aromatic carbocycles. The molecule has 3 nitrogen and oxygen atoms in total. The zero-order valence-corrected chi connectivity index (χ0v) is 11.7. The Balaban J connectivity index is 2.16. The Kier molecular flexibility index (Phi) is 4.01. The van der Waals surface area contributed by atoms with Gasteiger partial charge in [-0.25, -0.2) is 13.1 Å². The predicted molar refractivity (Wildman–Crippen MR) is 71.2 cm³/mol. The summed E-state index contributed by atoms with van der Waals surface area (Å²) in [5, 5.41) is 0. The molecule has 17 heavy (non-hydrogen) atoms. The maximum Gasteiger partial charge on any atom is 0.240 e. The SMILES string of the molecule is O=S(=O)(NC1CC=CCC1)c1cccc(Br)c1. The van der Waals surface area contributed by atoms with Gasteiger partial charge >= 0.3 is 0 Å². The smallest absolute Gasteiger partial charge is 0.208 e. The summed E-state index contributed by atoms with van der Waals surface area (Å²) >= 11 is 3.28. The molecule has 1 N–H and O–H groups in total. The van der Waals surface area contributed by atoms with Crippen LogP contribution in [0, 0.1) is 0 Å². The van der Waals surface area contributed by atoms with Crippen molar-refractivity contribution >= 4 is 26.0 Å². The average Bonchev–Trinajstić information content (AvgIpc) is 2.30. The minimum atomic E-state index is -3.40. The van der Waals surface area contributed by atoms with E-state index in [4.69, 9.17) is 0 Å². The average molecular weight is 316 g/mol.